The minimum atomic E-state index is -0.464. The minimum Gasteiger partial charge on any atom is -0.377 e. The van der Waals surface area contributed by atoms with Crippen molar-refractivity contribution in [2.75, 3.05) is 20.2 Å². The summed E-state index contributed by atoms with van der Waals surface area (Å²) in [6.45, 7) is 2.91. The average molecular weight is 238 g/mol. The Morgan fingerprint density at radius 2 is 2.35 bits per heavy atom. The molecule has 6 nitrogen and oxygen atoms in total. The van der Waals surface area contributed by atoms with E-state index in [1.54, 1.807) is 31.5 Å². The molecular formula is C11H18N4O2. The molecule has 0 bridgehead atoms. The Kier molecular flexibility index (Phi) is 3.44. The van der Waals surface area contributed by atoms with E-state index in [2.05, 4.69) is 4.98 Å². The summed E-state index contributed by atoms with van der Waals surface area (Å²) in [6, 6.07) is -0.348. The molecule has 94 valence electrons. The van der Waals surface area contributed by atoms with Crippen LogP contribution in [0.2, 0.25) is 0 Å². The quantitative estimate of drug-likeness (QED) is 0.779. The van der Waals surface area contributed by atoms with E-state index < -0.39 is 6.04 Å². The first-order chi connectivity index (χ1) is 8.13. The lowest BCUT2D eigenvalue weighted by Crippen LogP contribution is -2.41. The van der Waals surface area contributed by atoms with Crippen molar-refractivity contribution in [1.29, 1.82) is 0 Å². The molecule has 1 saturated heterocycles. The lowest BCUT2D eigenvalue weighted by Gasteiger charge is -2.18. The van der Waals surface area contributed by atoms with Gasteiger partial charge in [-0.05, 0) is 6.92 Å². The van der Waals surface area contributed by atoms with Gasteiger partial charge in [-0.15, -0.1) is 0 Å². The van der Waals surface area contributed by atoms with E-state index in [0.717, 1.165) is 0 Å². The summed E-state index contributed by atoms with van der Waals surface area (Å²) < 4.78 is 7.40. The van der Waals surface area contributed by atoms with Crippen LogP contribution in [0.25, 0.3) is 0 Å². The van der Waals surface area contributed by atoms with Crippen molar-refractivity contribution in [2.24, 2.45) is 5.73 Å². The topological polar surface area (TPSA) is 73.4 Å². The summed E-state index contributed by atoms with van der Waals surface area (Å²) in [7, 11) is 1.66. The standard InChI is InChI=1S/C11H18N4O2/c1-8(12)11(16)15-5-9(10(6-15)17-2)14-4-3-13-7-14/h3-4,7-10H,5-6,12H2,1-2H3/t8-,9-,10+/m0/s1. The molecule has 3 atom stereocenters. The first-order valence-corrected chi connectivity index (χ1v) is 5.68. The van der Waals surface area contributed by atoms with Crippen molar-refractivity contribution in [3.05, 3.63) is 18.7 Å². The van der Waals surface area contributed by atoms with Gasteiger partial charge in [0.25, 0.3) is 0 Å². The number of hydrogen-bond acceptors (Lipinski definition) is 4. The summed E-state index contributed by atoms with van der Waals surface area (Å²) in [6.07, 6.45) is 5.35. The molecule has 1 aromatic rings. The number of carbonyl (C=O) groups excluding carboxylic acids is 1. The maximum Gasteiger partial charge on any atom is 0.239 e. The van der Waals surface area contributed by atoms with E-state index in [1.165, 1.54) is 0 Å². The van der Waals surface area contributed by atoms with E-state index >= 15 is 0 Å². The molecule has 0 spiro atoms. The van der Waals surface area contributed by atoms with Gasteiger partial charge in [0, 0.05) is 32.6 Å². The van der Waals surface area contributed by atoms with E-state index in [-0.39, 0.29) is 18.1 Å². The van der Waals surface area contributed by atoms with Gasteiger partial charge in [-0.25, -0.2) is 4.98 Å². The van der Waals surface area contributed by atoms with Crippen LogP contribution in [0.3, 0.4) is 0 Å². The van der Waals surface area contributed by atoms with Crippen LogP contribution in [0.15, 0.2) is 18.7 Å². The molecule has 0 radical (unpaired) electrons. The zero-order valence-corrected chi connectivity index (χ0v) is 10.1. The van der Waals surface area contributed by atoms with Crippen molar-refractivity contribution in [3.8, 4) is 0 Å². The van der Waals surface area contributed by atoms with Crippen molar-refractivity contribution in [2.45, 2.75) is 25.1 Å². The molecule has 17 heavy (non-hydrogen) atoms. The second kappa shape index (κ2) is 4.85. The number of nitrogens with zero attached hydrogens (tertiary/aromatic N) is 3. The molecule has 2 rings (SSSR count). The third-order valence-corrected chi connectivity index (χ3v) is 3.15. The van der Waals surface area contributed by atoms with Crippen LogP contribution in [0.5, 0.6) is 0 Å². The number of ether oxygens (including phenoxy) is 1. The number of hydrogen-bond donors (Lipinski definition) is 1. The molecule has 0 aliphatic carbocycles. The molecule has 6 heteroatoms. The third kappa shape index (κ3) is 2.32. The highest BCUT2D eigenvalue weighted by Gasteiger charge is 2.36. The van der Waals surface area contributed by atoms with Crippen molar-refractivity contribution >= 4 is 5.91 Å². The number of likely N-dealkylation sites (tertiary alicyclic amines) is 1. The van der Waals surface area contributed by atoms with Gasteiger partial charge in [-0.1, -0.05) is 0 Å². The lowest BCUT2D eigenvalue weighted by molar-refractivity contribution is -0.131. The Morgan fingerprint density at radius 3 is 2.88 bits per heavy atom. The number of amides is 1. The number of rotatable bonds is 3. The Bertz CT molecular complexity index is 377. The van der Waals surface area contributed by atoms with Crippen LogP contribution >= 0.6 is 0 Å². The van der Waals surface area contributed by atoms with Gasteiger partial charge in [0.15, 0.2) is 0 Å². The molecule has 2 N–H and O–H groups in total. The zero-order valence-electron chi connectivity index (χ0n) is 10.1. The number of nitrogens with two attached hydrogens (primary N) is 1. The molecule has 1 fully saturated rings. The van der Waals surface area contributed by atoms with Crippen LogP contribution in [0.1, 0.15) is 13.0 Å². The van der Waals surface area contributed by atoms with Gasteiger partial charge >= 0.3 is 0 Å². The van der Waals surface area contributed by atoms with Gasteiger partial charge in [0.1, 0.15) is 0 Å². The fourth-order valence-corrected chi connectivity index (χ4v) is 2.21. The Morgan fingerprint density at radius 1 is 1.59 bits per heavy atom. The summed E-state index contributed by atoms with van der Waals surface area (Å²) in [4.78, 5) is 17.6. The van der Waals surface area contributed by atoms with Crippen LogP contribution in [-0.4, -0.2) is 52.7 Å². The van der Waals surface area contributed by atoms with Crippen molar-refractivity contribution in [3.63, 3.8) is 0 Å². The Hall–Kier alpha value is -1.40. The Balaban J connectivity index is 2.11. The number of imidazole rings is 1. The average Bonchev–Trinajstić information content (AvgIpc) is 2.95. The number of methoxy groups -OCH3 is 1. The van der Waals surface area contributed by atoms with Crippen LogP contribution < -0.4 is 5.73 Å². The van der Waals surface area contributed by atoms with Crippen LogP contribution in [0.4, 0.5) is 0 Å². The molecular weight excluding hydrogens is 220 g/mol. The summed E-state index contributed by atoms with van der Waals surface area (Å²) in [5.74, 6) is -0.0327. The third-order valence-electron chi connectivity index (χ3n) is 3.15. The highest BCUT2D eigenvalue weighted by atomic mass is 16.5. The van der Waals surface area contributed by atoms with E-state index in [1.807, 2.05) is 10.8 Å². The monoisotopic (exact) mass is 238 g/mol. The van der Waals surface area contributed by atoms with Gasteiger partial charge in [0.05, 0.1) is 24.5 Å². The molecule has 2 heterocycles. The predicted molar refractivity (Wildman–Crippen MR) is 62.3 cm³/mol. The maximum atomic E-state index is 11.8. The van der Waals surface area contributed by atoms with Crippen LogP contribution in [0, 0.1) is 0 Å². The number of aromatic nitrogens is 2. The maximum absolute atomic E-state index is 11.8. The zero-order chi connectivity index (χ0) is 12.4. The molecule has 1 aliphatic rings. The highest BCUT2D eigenvalue weighted by Crippen LogP contribution is 2.24. The second-order valence-corrected chi connectivity index (χ2v) is 4.38. The van der Waals surface area contributed by atoms with Crippen molar-refractivity contribution < 1.29 is 9.53 Å². The minimum absolute atomic E-state index is 0.00750. The normalized spacial score (nSPS) is 26.2. The van der Waals surface area contributed by atoms with Crippen molar-refractivity contribution in [1.82, 2.24) is 14.5 Å². The highest BCUT2D eigenvalue weighted by molar-refractivity contribution is 5.81. The van der Waals surface area contributed by atoms with Crippen LogP contribution in [-0.2, 0) is 9.53 Å². The molecule has 0 unspecified atom stereocenters. The fourth-order valence-electron chi connectivity index (χ4n) is 2.21. The molecule has 1 amide bonds. The molecule has 0 saturated carbocycles. The van der Waals surface area contributed by atoms with Gasteiger partial charge in [-0.3, -0.25) is 4.79 Å². The largest absolute Gasteiger partial charge is 0.377 e. The first kappa shape index (κ1) is 12.1. The summed E-state index contributed by atoms with van der Waals surface area (Å²) >= 11 is 0. The van der Waals surface area contributed by atoms with Gasteiger partial charge in [0.2, 0.25) is 5.91 Å². The molecule has 1 aromatic heterocycles. The summed E-state index contributed by atoms with van der Waals surface area (Å²) in [5, 5.41) is 0. The molecule has 0 aromatic carbocycles. The van der Waals surface area contributed by atoms with Gasteiger partial charge < -0.3 is 19.9 Å². The summed E-state index contributed by atoms with van der Waals surface area (Å²) in [5.41, 5.74) is 5.62. The lowest BCUT2D eigenvalue weighted by atomic mass is 10.2. The van der Waals surface area contributed by atoms with E-state index in [9.17, 15) is 4.79 Å². The Labute approximate surface area is 100 Å². The SMILES string of the molecule is CO[C@@H]1CN(C(=O)[C@H](C)N)C[C@@H]1n1ccnc1. The molecule has 1 aliphatic heterocycles. The fraction of sp³-hybridized carbons (Fsp3) is 0.636. The first-order valence-electron chi connectivity index (χ1n) is 5.68. The van der Waals surface area contributed by atoms with Gasteiger partial charge in [-0.2, -0.15) is 0 Å². The van der Waals surface area contributed by atoms with E-state index in [4.69, 9.17) is 10.5 Å². The predicted octanol–water partition coefficient (Wildman–Crippen LogP) is -0.371. The number of carbonyl (C=O) groups is 1. The smallest absolute Gasteiger partial charge is 0.239 e. The second-order valence-electron chi connectivity index (χ2n) is 4.38. The van der Waals surface area contributed by atoms with E-state index in [0.29, 0.717) is 13.1 Å².